The number of piperazine rings is 1. The van der Waals surface area contributed by atoms with Crippen molar-refractivity contribution in [2.24, 2.45) is 0 Å². The van der Waals surface area contributed by atoms with Gasteiger partial charge < -0.3 is 19.5 Å². The second-order valence-electron chi connectivity index (χ2n) is 8.17. The van der Waals surface area contributed by atoms with E-state index < -0.39 is 0 Å². The first kappa shape index (κ1) is 19.2. The first-order valence-electron chi connectivity index (χ1n) is 10.1. The van der Waals surface area contributed by atoms with Crippen LogP contribution in [0.25, 0.3) is 11.1 Å². The average Bonchev–Trinajstić information content (AvgIpc) is 3.36. The first-order chi connectivity index (χ1) is 14.4. The maximum atomic E-state index is 13.5. The minimum atomic E-state index is -0.0425. The number of carbonyl (C=O) groups is 1. The van der Waals surface area contributed by atoms with Crippen LogP contribution in [0.1, 0.15) is 35.9 Å². The summed E-state index contributed by atoms with van der Waals surface area (Å²) in [7, 11) is 2.52. The molecule has 30 heavy (non-hydrogen) atoms. The molecule has 1 saturated carbocycles. The van der Waals surface area contributed by atoms with Gasteiger partial charge in [-0.15, -0.1) is 0 Å². The van der Waals surface area contributed by atoms with Gasteiger partial charge in [0.05, 0.1) is 10.9 Å². The molecule has 1 amide bonds. The topological polar surface area (TPSA) is 100 Å². The van der Waals surface area contributed by atoms with Gasteiger partial charge in [0.1, 0.15) is 29.3 Å². The van der Waals surface area contributed by atoms with Gasteiger partial charge in [0.25, 0.3) is 5.91 Å². The zero-order valence-electron chi connectivity index (χ0n) is 17.1. The Labute approximate surface area is 176 Å². The van der Waals surface area contributed by atoms with Gasteiger partial charge in [-0.1, -0.05) is 9.24 Å². The van der Waals surface area contributed by atoms with E-state index in [0.717, 1.165) is 18.7 Å². The molecule has 2 fully saturated rings. The van der Waals surface area contributed by atoms with Gasteiger partial charge in [-0.25, -0.2) is 19.9 Å². The van der Waals surface area contributed by atoms with E-state index in [4.69, 9.17) is 4.42 Å². The summed E-state index contributed by atoms with van der Waals surface area (Å²) in [4.78, 5) is 34.7. The number of furan rings is 1. The summed E-state index contributed by atoms with van der Waals surface area (Å²) in [6, 6.07) is 1.90. The lowest BCUT2D eigenvalue weighted by Gasteiger charge is -2.35. The maximum Gasteiger partial charge on any atom is 0.258 e. The number of amides is 1. The summed E-state index contributed by atoms with van der Waals surface area (Å²) in [5.74, 6) is 2.09. The van der Waals surface area contributed by atoms with Crippen LogP contribution in [0.2, 0.25) is 0 Å². The predicted octanol–water partition coefficient (Wildman–Crippen LogP) is 1.75. The van der Waals surface area contributed by atoms with Crippen LogP contribution in [-0.2, 0) is 0 Å². The summed E-state index contributed by atoms with van der Waals surface area (Å²) in [5.41, 5.74) is 1.70. The maximum absolute atomic E-state index is 13.5. The highest BCUT2D eigenvalue weighted by Crippen LogP contribution is 2.40. The normalized spacial score (nSPS) is 18.0. The molecule has 1 atom stereocenters. The Kier molecular flexibility index (Phi) is 4.58. The lowest BCUT2D eigenvalue weighted by Crippen LogP contribution is -2.49. The highest BCUT2D eigenvalue weighted by atomic mass is 31.0. The summed E-state index contributed by atoms with van der Waals surface area (Å²) in [5, 5.41) is 4.15. The molecule has 9 nitrogen and oxygen atoms in total. The highest BCUT2D eigenvalue weighted by Gasteiger charge is 2.39. The smallest absolute Gasteiger partial charge is 0.258 e. The van der Waals surface area contributed by atoms with Crippen molar-refractivity contribution in [2.75, 3.05) is 36.4 Å². The SMILES string of the molecule is Cc1oc2ncnc(NC3(C)CC3)c2c1C(=O)N1CCN(c2ccnc(P)n2)CC1. The number of fused-ring (bicyclic) bond motifs is 1. The Morgan fingerprint density at radius 2 is 1.97 bits per heavy atom. The highest BCUT2D eigenvalue weighted by molar-refractivity contribution is 7.26. The van der Waals surface area contributed by atoms with Gasteiger partial charge in [-0.05, 0) is 32.8 Å². The Bertz CT molecular complexity index is 1120. The molecule has 1 aliphatic heterocycles. The molecule has 10 heteroatoms. The molecule has 5 rings (SSSR count). The number of carbonyl (C=O) groups excluding carboxylic acids is 1. The third-order valence-electron chi connectivity index (χ3n) is 5.85. The van der Waals surface area contributed by atoms with Crippen molar-refractivity contribution in [1.29, 1.82) is 0 Å². The van der Waals surface area contributed by atoms with Crippen molar-refractivity contribution < 1.29 is 9.21 Å². The molecule has 0 radical (unpaired) electrons. The van der Waals surface area contributed by atoms with E-state index in [2.05, 4.69) is 46.3 Å². The van der Waals surface area contributed by atoms with Crippen LogP contribution in [-0.4, -0.2) is 62.5 Å². The van der Waals surface area contributed by atoms with E-state index in [1.165, 1.54) is 6.33 Å². The number of hydrogen-bond acceptors (Lipinski definition) is 8. The van der Waals surface area contributed by atoms with E-state index in [1.807, 2.05) is 17.9 Å². The fraction of sp³-hybridized carbons (Fsp3) is 0.450. The van der Waals surface area contributed by atoms with Crippen LogP contribution in [0.4, 0.5) is 11.6 Å². The number of hydrogen-bond donors (Lipinski definition) is 1. The number of nitrogens with one attached hydrogen (secondary N) is 1. The Balaban J connectivity index is 1.39. The predicted molar refractivity (Wildman–Crippen MR) is 117 cm³/mol. The molecular formula is C20H24N7O2P. The lowest BCUT2D eigenvalue weighted by atomic mass is 10.1. The fourth-order valence-corrected chi connectivity index (χ4v) is 4.05. The number of aryl methyl sites for hydroxylation is 1. The van der Waals surface area contributed by atoms with Crippen molar-refractivity contribution in [3.63, 3.8) is 0 Å². The molecule has 3 aromatic rings. The van der Waals surface area contributed by atoms with Crippen molar-refractivity contribution in [1.82, 2.24) is 24.8 Å². The Morgan fingerprint density at radius 1 is 1.20 bits per heavy atom. The van der Waals surface area contributed by atoms with Crippen molar-refractivity contribution in [3.8, 4) is 0 Å². The zero-order valence-corrected chi connectivity index (χ0v) is 18.2. The van der Waals surface area contributed by atoms with Gasteiger partial charge in [0.15, 0.2) is 0 Å². The third-order valence-corrected chi connectivity index (χ3v) is 6.13. The molecule has 1 unspecified atom stereocenters. The summed E-state index contributed by atoms with van der Waals surface area (Å²) < 4.78 is 5.82. The minimum Gasteiger partial charge on any atom is -0.442 e. The van der Waals surface area contributed by atoms with Gasteiger partial charge in [-0.3, -0.25) is 4.79 Å². The average molecular weight is 425 g/mol. The summed E-state index contributed by atoms with van der Waals surface area (Å²) >= 11 is 0. The second-order valence-corrected chi connectivity index (χ2v) is 8.69. The zero-order chi connectivity index (χ0) is 20.9. The number of nitrogens with zero attached hydrogens (tertiary/aromatic N) is 6. The summed E-state index contributed by atoms with van der Waals surface area (Å²) in [6.45, 7) is 6.60. The lowest BCUT2D eigenvalue weighted by molar-refractivity contribution is 0.0746. The second kappa shape index (κ2) is 7.16. The first-order valence-corrected chi connectivity index (χ1v) is 10.7. The van der Waals surface area contributed by atoms with Crippen LogP contribution < -0.4 is 15.8 Å². The van der Waals surface area contributed by atoms with E-state index in [1.54, 1.807) is 6.20 Å². The molecule has 4 heterocycles. The van der Waals surface area contributed by atoms with E-state index in [0.29, 0.717) is 60.0 Å². The Hall–Kier alpha value is -2.80. The third kappa shape index (κ3) is 3.47. The molecule has 156 valence electrons. The van der Waals surface area contributed by atoms with E-state index in [9.17, 15) is 4.79 Å². The monoisotopic (exact) mass is 425 g/mol. The van der Waals surface area contributed by atoms with Crippen LogP contribution in [0.3, 0.4) is 0 Å². The van der Waals surface area contributed by atoms with Crippen LogP contribution in [0.15, 0.2) is 23.0 Å². The van der Waals surface area contributed by atoms with Crippen LogP contribution >= 0.6 is 9.24 Å². The molecule has 0 bridgehead atoms. The standard InChI is InChI=1S/C20H24N7O2P/c1-12-14(15-16(25-20(2)4-5-20)22-11-23-17(15)29-12)18(28)27-9-7-26(8-10-27)13-3-6-21-19(30)24-13/h3,6,11H,4-5,7-10,30H2,1-2H3,(H,22,23,25). The van der Waals surface area contributed by atoms with Crippen molar-refractivity contribution in [2.45, 2.75) is 32.2 Å². The molecular weight excluding hydrogens is 401 g/mol. The Morgan fingerprint density at radius 3 is 2.67 bits per heavy atom. The minimum absolute atomic E-state index is 0.0341. The van der Waals surface area contributed by atoms with Gasteiger partial charge in [0, 0.05) is 37.9 Å². The quantitative estimate of drug-likeness (QED) is 0.631. The van der Waals surface area contributed by atoms with Crippen LogP contribution in [0, 0.1) is 6.92 Å². The molecule has 1 saturated heterocycles. The molecule has 3 aromatic heterocycles. The van der Waals surface area contributed by atoms with E-state index in [-0.39, 0.29) is 11.4 Å². The fourth-order valence-electron chi connectivity index (χ4n) is 3.83. The molecule has 0 spiro atoms. The number of aromatic nitrogens is 4. The largest absolute Gasteiger partial charge is 0.442 e. The molecule has 1 N–H and O–H groups in total. The number of anilines is 2. The molecule has 0 aromatic carbocycles. The molecule has 2 aliphatic rings. The van der Waals surface area contributed by atoms with Crippen molar-refractivity contribution >= 4 is 43.4 Å². The molecule has 1 aliphatic carbocycles. The van der Waals surface area contributed by atoms with Crippen molar-refractivity contribution in [3.05, 3.63) is 29.9 Å². The van der Waals surface area contributed by atoms with Crippen LogP contribution in [0.5, 0.6) is 0 Å². The number of rotatable bonds is 4. The van der Waals surface area contributed by atoms with E-state index >= 15 is 0 Å². The van der Waals surface area contributed by atoms with Gasteiger partial charge in [0.2, 0.25) is 5.71 Å². The van der Waals surface area contributed by atoms with Gasteiger partial charge >= 0.3 is 0 Å². The summed E-state index contributed by atoms with van der Waals surface area (Å²) in [6.07, 6.45) is 5.40. The van der Waals surface area contributed by atoms with Gasteiger partial charge in [-0.2, -0.15) is 0 Å².